The number of carbonyl (C=O) groups excluding carboxylic acids is 2. The third kappa shape index (κ3) is 7.31. The normalized spacial score (nSPS) is 11.3. The average Bonchev–Trinajstić information content (AvgIpc) is 2.77. The van der Waals surface area contributed by atoms with Gasteiger partial charge in [-0.25, -0.2) is 0 Å². The summed E-state index contributed by atoms with van der Waals surface area (Å²) in [6.45, 7) is 0. The van der Waals surface area contributed by atoms with Gasteiger partial charge in [0.1, 0.15) is 0 Å². The molecule has 0 spiro atoms. The van der Waals surface area contributed by atoms with Crippen molar-refractivity contribution in [2.24, 2.45) is 0 Å². The minimum absolute atomic E-state index is 0.00154. The average molecular weight is 456 g/mol. The molecular formula is C24H19F3N2O2S. The van der Waals surface area contributed by atoms with Crippen molar-refractivity contribution >= 4 is 41.0 Å². The Kier molecular flexibility index (Phi) is 7.72. The molecule has 0 aliphatic carbocycles. The predicted molar refractivity (Wildman–Crippen MR) is 121 cm³/mol. The number of halogens is 3. The number of nitrogens with one attached hydrogen (secondary N) is 2. The van der Waals surface area contributed by atoms with Gasteiger partial charge in [0.2, 0.25) is 11.8 Å². The highest BCUT2D eigenvalue weighted by Crippen LogP contribution is 2.30. The van der Waals surface area contributed by atoms with Crippen LogP contribution in [0.3, 0.4) is 0 Å². The van der Waals surface area contributed by atoms with Crippen LogP contribution in [-0.2, 0) is 15.8 Å². The van der Waals surface area contributed by atoms with E-state index in [0.29, 0.717) is 5.69 Å². The van der Waals surface area contributed by atoms with Gasteiger partial charge >= 0.3 is 6.18 Å². The van der Waals surface area contributed by atoms with E-state index < -0.39 is 17.6 Å². The second kappa shape index (κ2) is 10.7. The molecule has 0 aromatic heterocycles. The van der Waals surface area contributed by atoms with Gasteiger partial charge in [-0.05, 0) is 48.0 Å². The van der Waals surface area contributed by atoms with Gasteiger partial charge < -0.3 is 10.6 Å². The minimum Gasteiger partial charge on any atom is -0.325 e. The van der Waals surface area contributed by atoms with Crippen LogP contribution in [0.15, 0.2) is 89.8 Å². The number of hydrogen-bond donors (Lipinski definition) is 2. The lowest BCUT2D eigenvalue weighted by Crippen LogP contribution is -2.15. The van der Waals surface area contributed by atoms with E-state index in [1.54, 1.807) is 30.3 Å². The van der Waals surface area contributed by atoms with E-state index >= 15 is 0 Å². The Bertz CT molecular complexity index is 1120. The number of benzene rings is 3. The molecule has 3 aromatic carbocycles. The molecule has 4 nitrogen and oxygen atoms in total. The van der Waals surface area contributed by atoms with Crippen molar-refractivity contribution in [1.29, 1.82) is 0 Å². The van der Waals surface area contributed by atoms with Gasteiger partial charge in [0.25, 0.3) is 0 Å². The molecule has 0 saturated heterocycles. The summed E-state index contributed by atoms with van der Waals surface area (Å²) in [6.07, 6.45) is -1.35. The van der Waals surface area contributed by atoms with Crippen LogP contribution in [0.5, 0.6) is 0 Å². The lowest BCUT2D eigenvalue weighted by molar-refractivity contribution is -0.137. The first-order valence-electron chi connectivity index (χ1n) is 9.54. The van der Waals surface area contributed by atoms with Gasteiger partial charge in [0.05, 0.1) is 11.3 Å². The van der Waals surface area contributed by atoms with E-state index in [-0.39, 0.29) is 17.3 Å². The minimum atomic E-state index is -4.48. The molecule has 0 fully saturated rings. The Labute approximate surface area is 187 Å². The van der Waals surface area contributed by atoms with Gasteiger partial charge in [-0.1, -0.05) is 42.5 Å². The SMILES string of the molecule is O=C(/C=C/c1ccccc1)Nc1cccc(SCC(=O)Nc2cccc(C(F)(F)F)c2)c1. The van der Waals surface area contributed by atoms with Crippen LogP contribution in [0.1, 0.15) is 11.1 Å². The molecule has 0 unspecified atom stereocenters. The van der Waals surface area contributed by atoms with Crippen LogP contribution in [0.2, 0.25) is 0 Å². The molecule has 0 saturated carbocycles. The van der Waals surface area contributed by atoms with Gasteiger partial charge in [-0.3, -0.25) is 9.59 Å². The number of hydrogen-bond acceptors (Lipinski definition) is 3. The van der Waals surface area contributed by atoms with Crippen LogP contribution in [0, 0.1) is 0 Å². The van der Waals surface area contributed by atoms with Crippen molar-refractivity contribution in [3.63, 3.8) is 0 Å². The summed E-state index contributed by atoms with van der Waals surface area (Å²) in [7, 11) is 0. The summed E-state index contributed by atoms with van der Waals surface area (Å²) in [6, 6.07) is 20.8. The van der Waals surface area contributed by atoms with E-state index in [1.165, 1.54) is 30.0 Å². The molecule has 0 aliphatic heterocycles. The molecule has 0 radical (unpaired) electrons. The molecule has 0 aliphatic rings. The molecule has 164 valence electrons. The summed E-state index contributed by atoms with van der Waals surface area (Å²) >= 11 is 1.21. The zero-order valence-electron chi connectivity index (χ0n) is 16.7. The van der Waals surface area contributed by atoms with Crippen LogP contribution in [0.4, 0.5) is 24.5 Å². The third-order valence-corrected chi connectivity index (χ3v) is 5.17. The maximum absolute atomic E-state index is 12.8. The maximum Gasteiger partial charge on any atom is 0.416 e. The second-order valence-electron chi connectivity index (χ2n) is 6.68. The summed E-state index contributed by atoms with van der Waals surface area (Å²) in [5.74, 6) is -0.727. The van der Waals surface area contributed by atoms with Crippen LogP contribution in [-0.4, -0.2) is 17.6 Å². The number of alkyl halides is 3. The summed E-state index contributed by atoms with van der Waals surface area (Å²) in [4.78, 5) is 25.0. The number of amides is 2. The first-order chi connectivity index (χ1) is 15.3. The Morgan fingerprint density at radius 2 is 1.53 bits per heavy atom. The lowest BCUT2D eigenvalue weighted by Gasteiger charge is -2.10. The predicted octanol–water partition coefficient (Wildman–Crippen LogP) is 6.09. The van der Waals surface area contributed by atoms with Crippen molar-refractivity contribution in [2.75, 3.05) is 16.4 Å². The standard InChI is InChI=1S/C24H19F3N2O2S/c25-24(26,27)18-8-4-9-19(14-18)29-23(31)16-32-21-11-5-10-20(15-21)28-22(30)13-12-17-6-2-1-3-7-17/h1-15H,16H2,(H,28,30)(H,29,31)/b13-12+. The van der Waals surface area contributed by atoms with Crippen molar-refractivity contribution in [1.82, 2.24) is 0 Å². The summed E-state index contributed by atoms with van der Waals surface area (Å²) in [5.41, 5.74) is 0.721. The monoisotopic (exact) mass is 456 g/mol. The maximum atomic E-state index is 12.8. The van der Waals surface area contributed by atoms with Gasteiger partial charge in [-0.2, -0.15) is 13.2 Å². The highest BCUT2D eigenvalue weighted by molar-refractivity contribution is 8.00. The lowest BCUT2D eigenvalue weighted by atomic mass is 10.2. The Balaban J connectivity index is 1.53. The number of carbonyl (C=O) groups is 2. The van der Waals surface area contributed by atoms with E-state index in [0.717, 1.165) is 22.6 Å². The van der Waals surface area contributed by atoms with Crippen molar-refractivity contribution in [3.05, 3.63) is 96.1 Å². The first-order valence-corrected chi connectivity index (χ1v) is 10.5. The van der Waals surface area contributed by atoms with Crippen LogP contribution >= 0.6 is 11.8 Å². The van der Waals surface area contributed by atoms with Crippen LogP contribution < -0.4 is 10.6 Å². The number of thioether (sulfide) groups is 1. The Morgan fingerprint density at radius 3 is 2.25 bits per heavy atom. The molecule has 0 atom stereocenters. The van der Waals surface area contributed by atoms with E-state index in [4.69, 9.17) is 0 Å². The fourth-order valence-electron chi connectivity index (χ4n) is 2.70. The van der Waals surface area contributed by atoms with E-state index in [9.17, 15) is 22.8 Å². The fourth-order valence-corrected chi connectivity index (χ4v) is 3.46. The van der Waals surface area contributed by atoms with Gasteiger partial charge in [0.15, 0.2) is 0 Å². The summed E-state index contributed by atoms with van der Waals surface area (Å²) < 4.78 is 38.4. The third-order valence-electron chi connectivity index (χ3n) is 4.17. The number of rotatable bonds is 7. The quantitative estimate of drug-likeness (QED) is 0.334. The van der Waals surface area contributed by atoms with Crippen molar-refractivity contribution < 1.29 is 22.8 Å². The fraction of sp³-hybridized carbons (Fsp3) is 0.0833. The van der Waals surface area contributed by atoms with Gasteiger partial charge in [0, 0.05) is 22.3 Å². The molecule has 8 heteroatoms. The Hall–Kier alpha value is -3.52. The molecule has 3 aromatic rings. The second-order valence-corrected chi connectivity index (χ2v) is 7.73. The highest BCUT2D eigenvalue weighted by atomic mass is 32.2. The van der Waals surface area contributed by atoms with Crippen LogP contribution in [0.25, 0.3) is 6.08 Å². The Morgan fingerprint density at radius 1 is 0.844 bits per heavy atom. The van der Waals surface area contributed by atoms with Crippen molar-refractivity contribution in [2.45, 2.75) is 11.1 Å². The zero-order chi connectivity index (χ0) is 23.0. The molecule has 32 heavy (non-hydrogen) atoms. The van der Waals surface area contributed by atoms with Gasteiger partial charge in [-0.15, -0.1) is 11.8 Å². The summed E-state index contributed by atoms with van der Waals surface area (Å²) in [5, 5.41) is 5.22. The van der Waals surface area contributed by atoms with Crippen molar-refractivity contribution in [3.8, 4) is 0 Å². The molecule has 3 rings (SSSR count). The molecule has 2 N–H and O–H groups in total. The van der Waals surface area contributed by atoms with E-state index in [2.05, 4.69) is 10.6 Å². The first kappa shape index (κ1) is 23.1. The highest BCUT2D eigenvalue weighted by Gasteiger charge is 2.30. The zero-order valence-corrected chi connectivity index (χ0v) is 17.5. The molecule has 0 heterocycles. The molecule has 0 bridgehead atoms. The largest absolute Gasteiger partial charge is 0.416 e. The number of anilines is 2. The smallest absolute Gasteiger partial charge is 0.325 e. The molecule has 2 amide bonds. The topological polar surface area (TPSA) is 58.2 Å². The molecular weight excluding hydrogens is 437 g/mol. The van der Waals surface area contributed by atoms with E-state index in [1.807, 2.05) is 30.3 Å².